The lowest BCUT2D eigenvalue weighted by molar-refractivity contribution is -0.170. The first kappa shape index (κ1) is 15.1. The van der Waals surface area contributed by atoms with Gasteiger partial charge in [-0.05, 0) is 26.2 Å². The van der Waals surface area contributed by atoms with E-state index < -0.39 is 11.4 Å². The molecule has 0 aromatic carbocycles. The van der Waals surface area contributed by atoms with Crippen molar-refractivity contribution >= 4 is 11.8 Å². The van der Waals surface area contributed by atoms with Crippen molar-refractivity contribution in [3.63, 3.8) is 0 Å². The Balaban J connectivity index is 2.67. The molecule has 1 atom stereocenters. The normalized spacial score (nSPS) is 24.0. The minimum absolute atomic E-state index is 0.0513. The van der Waals surface area contributed by atoms with Crippen molar-refractivity contribution < 1.29 is 23.8 Å². The molecule has 0 amide bonds. The highest BCUT2D eigenvalue weighted by Crippen LogP contribution is 2.32. The van der Waals surface area contributed by atoms with Gasteiger partial charge in [0, 0.05) is 20.1 Å². The van der Waals surface area contributed by atoms with Gasteiger partial charge < -0.3 is 14.2 Å². The molecule has 1 heterocycles. The molecule has 0 N–H and O–H groups in total. The van der Waals surface area contributed by atoms with E-state index in [0.29, 0.717) is 26.1 Å². The Morgan fingerprint density at radius 1 is 1.44 bits per heavy atom. The highest BCUT2D eigenvalue weighted by molar-refractivity contribution is 6.04. The van der Waals surface area contributed by atoms with Gasteiger partial charge in [-0.2, -0.15) is 0 Å². The van der Waals surface area contributed by atoms with Crippen LogP contribution in [-0.2, 0) is 23.8 Å². The Bertz CT molecular complexity index is 289. The number of carbonyl (C=O) groups excluding carboxylic acids is 2. The zero-order valence-electron chi connectivity index (χ0n) is 11.2. The van der Waals surface area contributed by atoms with Crippen LogP contribution in [0.15, 0.2) is 0 Å². The molecule has 1 aliphatic heterocycles. The van der Waals surface area contributed by atoms with Gasteiger partial charge in [0.05, 0.1) is 19.8 Å². The average Bonchev–Trinajstić information content (AvgIpc) is 2.37. The van der Waals surface area contributed by atoms with E-state index in [1.165, 1.54) is 0 Å². The Kier molecular flexibility index (Phi) is 6.29. The minimum Gasteiger partial charge on any atom is -0.465 e. The van der Waals surface area contributed by atoms with Crippen LogP contribution < -0.4 is 0 Å². The standard InChI is InChI=1S/C13H22O5/c1-3-18-12(15)13(7-4-5-8-16-2)10-17-9-6-11(13)14/h3-10H2,1-2H3. The van der Waals surface area contributed by atoms with E-state index in [0.717, 1.165) is 12.8 Å². The third-order valence-corrected chi connectivity index (χ3v) is 3.22. The molecule has 0 saturated carbocycles. The molecule has 0 bridgehead atoms. The number of carbonyl (C=O) groups is 2. The molecule has 1 fully saturated rings. The van der Waals surface area contributed by atoms with Crippen LogP contribution in [0.5, 0.6) is 0 Å². The smallest absolute Gasteiger partial charge is 0.322 e. The van der Waals surface area contributed by atoms with Gasteiger partial charge in [0.2, 0.25) is 0 Å². The van der Waals surface area contributed by atoms with Crippen molar-refractivity contribution in [3.05, 3.63) is 0 Å². The van der Waals surface area contributed by atoms with E-state index in [-0.39, 0.29) is 19.0 Å². The summed E-state index contributed by atoms with van der Waals surface area (Å²) in [6.45, 7) is 3.21. The highest BCUT2D eigenvalue weighted by Gasteiger charge is 2.48. The number of hydrogen-bond acceptors (Lipinski definition) is 5. The molecular formula is C13H22O5. The second-order valence-corrected chi connectivity index (χ2v) is 4.48. The first-order chi connectivity index (χ1) is 8.67. The molecule has 0 spiro atoms. The zero-order chi connectivity index (χ0) is 13.4. The van der Waals surface area contributed by atoms with Crippen molar-refractivity contribution in [1.29, 1.82) is 0 Å². The van der Waals surface area contributed by atoms with Crippen LogP contribution in [0.3, 0.4) is 0 Å². The summed E-state index contributed by atoms with van der Waals surface area (Å²) in [6, 6.07) is 0. The second kappa shape index (κ2) is 7.48. The molecule has 0 radical (unpaired) electrons. The van der Waals surface area contributed by atoms with Gasteiger partial charge in [0.25, 0.3) is 0 Å². The Hall–Kier alpha value is -0.940. The first-order valence-electron chi connectivity index (χ1n) is 6.44. The molecule has 0 aliphatic carbocycles. The van der Waals surface area contributed by atoms with E-state index in [1.807, 2.05) is 0 Å². The molecule has 1 aliphatic rings. The summed E-state index contributed by atoms with van der Waals surface area (Å²) in [4.78, 5) is 24.1. The third-order valence-electron chi connectivity index (χ3n) is 3.22. The maximum absolute atomic E-state index is 12.1. The monoisotopic (exact) mass is 258 g/mol. The van der Waals surface area contributed by atoms with E-state index in [9.17, 15) is 9.59 Å². The molecule has 0 aromatic rings. The number of unbranched alkanes of at least 4 members (excludes halogenated alkanes) is 1. The van der Waals surface area contributed by atoms with Crippen molar-refractivity contribution in [1.82, 2.24) is 0 Å². The number of rotatable bonds is 7. The van der Waals surface area contributed by atoms with Gasteiger partial charge in [0.1, 0.15) is 5.41 Å². The number of ketones is 1. The molecule has 104 valence electrons. The van der Waals surface area contributed by atoms with Gasteiger partial charge >= 0.3 is 5.97 Å². The van der Waals surface area contributed by atoms with Gasteiger partial charge in [-0.15, -0.1) is 0 Å². The lowest BCUT2D eigenvalue weighted by Gasteiger charge is -2.33. The molecule has 18 heavy (non-hydrogen) atoms. The first-order valence-corrected chi connectivity index (χ1v) is 6.44. The van der Waals surface area contributed by atoms with Gasteiger partial charge in [-0.1, -0.05) is 0 Å². The summed E-state index contributed by atoms with van der Waals surface area (Å²) in [5.41, 5.74) is -1.08. The molecule has 1 unspecified atom stereocenters. The van der Waals surface area contributed by atoms with Crippen LogP contribution in [0, 0.1) is 5.41 Å². The van der Waals surface area contributed by atoms with Crippen molar-refractivity contribution in [2.75, 3.05) is 33.5 Å². The Labute approximate surface area is 108 Å². The molecule has 1 saturated heterocycles. The summed E-state index contributed by atoms with van der Waals surface area (Å²) >= 11 is 0. The highest BCUT2D eigenvalue weighted by atomic mass is 16.5. The van der Waals surface area contributed by atoms with Crippen molar-refractivity contribution in [2.24, 2.45) is 5.41 Å². The van der Waals surface area contributed by atoms with E-state index in [1.54, 1.807) is 14.0 Å². The quantitative estimate of drug-likeness (QED) is 0.392. The second-order valence-electron chi connectivity index (χ2n) is 4.48. The van der Waals surface area contributed by atoms with Gasteiger partial charge in [-0.3, -0.25) is 9.59 Å². The van der Waals surface area contributed by atoms with Crippen LogP contribution in [0.4, 0.5) is 0 Å². The van der Waals surface area contributed by atoms with Gasteiger partial charge in [0.15, 0.2) is 5.78 Å². The summed E-state index contributed by atoms with van der Waals surface area (Å²) < 4.78 is 15.3. The number of ether oxygens (including phenoxy) is 3. The molecule has 5 heteroatoms. The topological polar surface area (TPSA) is 61.8 Å². The van der Waals surface area contributed by atoms with Crippen molar-refractivity contribution in [3.8, 4) is 0 Å². The molecule has 1 rings (SSSR count). The summed E-state index contributed by atoms with van der Waals surface area (Å²) in [6.07, 6.45) is 2.35. The number of methoxy groups -OCH3 is 1. The van der Waals surface area contributed by atoms with E-state index in [4.69, 9.17) is 14.2 Å². The largest absolute Gasteiger partial charge is 0.465 e. The average molecular weight is 258 g/mol. The fourth-order valence-electron chi connectivity index (χ4n) is 2.16. The molecule has 5 nitrogen and oxygen atoms in total. The van der Waals surface area contributed by atoms with Crippen LogP contribution in [-0.4, -0.2) is 45.3 Å². The maximum Gasteiger partial charge on any atom is 0.322 e. The number of hydrogen-bond donors (Lipinski definition) is 0. The van der Waals surface area contributed by atoms with Crippen LogP contribution in [0.2, 0.25) is 0 Å². The maximum atomic E-state index is 12.1. The Morgan fingerprint density at radius 3 is 2.83 bits per heavy atom. The lowest BCUT2D eigenvalue weighted by Crippen LogP contribution is -2.48. The number of esters is 1. The molecule has 0 aromatic heterocycles. The van der Waals surface area contributed by atoms with Crippen LogP contribution >= 0.6 is 0 Å². The van der Waals surface area contributed by atoms with Crippen molar-refractivity contribution in [2.45, 2.75) is 32.6 Å². The third kappa shape index (κ3) is 3.53. The van der Waals surface area contributed by atoms with E-state index in [2.05, 4.69) is 0 Å². The predicted molar refractivity (Wildman–Crippen MR) is 65.2 cm³/mol. The van der Waals surface area contributed by atoms with Crippen LogP contribution in [0.1, 0.15) is 32.6 Å². The minimum atomic E-state index is -1.08. The summed E-state index contributed by atoms with van der Waals surface area (Å²) in [5, 5.41) is 0. The number of Topliss-reactive ketones (excluding diaryl/α,β-unsaturated/α-hetero) is 1. The predicted octanol–water partition coefficient (Wildman–Crippen LogP) is 1.34. The van der Waals surface area contributed by atoms with Gasteiger partial charge in [-0.25, -0.2) is 0 Å². The molecular weight excluding hydrogens is 236 g/mol. The SMILES string of the molecule is CCOC(=O)C1(CCCCOC)COCCC1=O. The summed E-state index contributed by atoms with van der Waals surface area (Å²) in [7, 11) is 1.63. The lowest BCUT2D eigenvalue weighted by atomic mass is 9.77. The van der Waals surface area contributed by atoms with E-state index >= 15 is 0 Å². The van der Waals surface area contributed by atoms with Crippen LogP contribution in [0.25, 0.3) is 0 Å². The summed E-state index contributed by atoms with van der Waals surface area (Å²) in [5.74, 6) is -0.489. The fourth-order valence-corrected chi connectivity index (χ4v) is 2.16. The fraction of sp³-hybridized carbons (Fsp3) is 0.846. The Morgan fingerprint density at radius 2 is 2.22 bits per heavy atom. The zero-order valence-corrected chi connectivity index (χ0v) is 11.2.